The van der Waals surface area contributed by atoms with Crippen molar-refractivity contribution < 1.29 is 28.6 Å². The van der Waals surface area contributed by atoms with E-state index in [1.165, 1.54) is 186 Å². The van der Waals surface area contributed by atoms with Crippen LogP contribution in [0.4, 0.5) is 0 Å². The Balaban J connectivity index is 4.32. The maximum absolute atomic E-state index is 12.8. The van der Waals surface area contributed by atoms with Gasteiger partial charge >= 0.3 is 17.9 Å². The summed E-state index contributed by atoms with van der Waals surface area (Å²) in [6.07, 6.45) is 48.0. The Morgan fingerprint density at radius 1 is 0.317 bits per heavy atom. The summed E-state index contributed by atoms with van der Waals surface area (Å²) in [5.41, 5.74) is 0. The fourth-order valence-corrected chi connectivity index (χ4v) is 8.17. The van der Waals surface area contributed by atoms with Crippen LogP contribution in [0.25, 0.3) is 0 Å². The number of ether oxygens (including phenoxy) is 3. The third-order valence-electron chi connectivity index (χ3n) is 12.2. The predicted molar refractivity (Wildman–Crippen MR) is 256 cm³/mol. The van der Waals surface area contributed by atoms with Crippen molar-refractivity contribution in [3.8, 4) is 0 Å². The standard InChI is InChI=1S/C54H104O6/c1-6-7-8-9-10-11-12-13-14-19-24-29-34-39-44-52(55)58-47-51(60-54(57)46-41-36-31-26-21-16-18-23-28-33-38-43-50(4)5)48-59-53(56)45-40-35-30-25-20-15-17-22-27-32-37-42-49(2)3/h49-51H,6-48H2,1-5H3/t51-/m1/s1. The summed E-state index contributed by atoms with van der Waals surface area (Å²) in [6, 6.07) is 0. The number of esters is 3. The van der Waals surface area contributed by atoms with Crippen LogP contribution in [0.1, 0.15) is 298 Å². The van der Waals surface area contributed by atoms with Gasteiger partial charge in [0, 0.05) is 19.3 Å². The van der Waals surface area contributed by atoms with E-state index >= 15 is 0 Å². The number of rotatable bonds is 48. The molecule has 0 aromatic rings. The molecule has 0 aromatic heterocycles. The number of carbonyl (C=O) groups is 3. The van der Waals surface area contributed by atoms with Gasteiger partial charge in [-0.15, -0.1) is 0 Å². The molecule has 0 aliphatic carbocycles. The molecule has 0 spiro atoms. The molecular formula is C54H104O6. The van der Waals surface area contributed by atoms with Gasteiger partial charge in [0.2, 0.25) is 0 Å². The second-order valence-corrected chi connectivity index (χ2v) is 19.5. The molecule has 0 bridgehead atoms. The van der Waals surface area contributed by atoms with E-state index in [1.54, 1.807) is 0 Å². The Labute approximate surface area is 374 Å². The third kappa shape index (κ3) is 47.5. The highest BCUT2D eigenvalue weighted by atomic mass is 16.6. The fourth-order valence-electron chi connectivity index (χ4n) is 8.17. The van der Waals surface area contributed by atoms with E-state index in [1.807, 2.05) is 0 Å². The van der Waals surface area contributed by atoms with Gasteiger partial charge in [0.1, 0.15) is 13.2 Å². The van der Waals surface area contributed by atoms with Crippen LogP contribution in [0.5, 0.6) is 0 Å². The monoisotopic (exact) mass is 849 g/mol. The van der Waals surface area contributed by atoms with Gasteiger partial charge in [-0.1, -0.05) is 259 Å². The van der Waals surface area contributed by atoms with Crippen molar-refractivity contribution in [2.24, 2.45) is 11.8 Å². The zero-order chi connectivity index (χ0) is 44.0. The minimum absolute atomic E-state index is 0.0634. The Morgan fingerprint density at radius 3 is 0.817 bits per heavy atom. The lowest BCUT2D eigenvalue weighted by Crippen LogP contribution is -2.30. The van der Waals surface area contributed by atoms with Gasteiger partial charge in [0.15, 0.2) is 6.10 Å². The van der Waals surface area contributed by atoms with Gasteiger partial charge in [0.05, 0.1) is 0 Å². The zero-order valence-electron chi connectivity index (χ0n) is 41.1. The molecule has 0 saturated carbocycles. The molecule has 0 unspecified atom stereocenters. The summed E-state index contributed by atoms with van der Waals surface area (Å²) in [5.74, 6) is 0.806. The van der Waals surface area contributed by atoms with Crippen molar-refractivity contribution >= 4 is 17.9 Å². The topological polar surface area (TPSA) is 78.9 Å². The quantitative estimate of drug-likeness (QED) is 0.0345. The maximum Gasteiger partial charge on any atom is 0.306 e. The van der Waals surface area contributed by atoms with Crippen molar-refractivity contribution in [3.05, 3.63) is 0 Å². The molecule has 0 aliphatic heterocycles. The van der Waals surface area contributed by atoms with E-state index in [-0.39, 0.29) is 31.1 Å². The largest absolute Gasteiger partial charge is 0.462 e. The van der Waals surface area contributed by atoms with E-state index in [0.29, 0.717) is 19.3 Å². The molecule has 6 heteroatoms. The average Bonchev–Trinajstić information content (AvgIpc) is 3.22. The lowest BCUT2D eigenvalue weighted by Gasteiger charge is -2.18. The molecule has 6 nitrogen and oxygen atoms in total. The van der Waals surface area contributed by atoms with Crippen molar-refractivity contribution in [3.63, 3.8) is 0 Å². The smallest absolute Gasteiger partial charge is 0.306 e. The highest BCUT2D eigenvalue weighted by molar-refractivity contribution is 5.71. The minimum atomic E-state index is -0.762. The molecule has 0 amide bonds. The van der Waals surface area contributed by atoms with Crippen molar-refractivity contribution in [2.75, 3.05) is 13.2 Å². The summed E-state index contributed by atoms with van der Waals surface area (Å²) >= 11 is 0. The number of hydrogen-bond acceptors (Lipinski definition) is 6. The Hall–Kier alpha value is -1.59. The van der Waals surface area contributed by atoms with Crippen LogP contribution < -0.4 is 0 Å². The SMILES string of the molecule is CCCCCCCCCCCCCCCCC(=O)OC[C@H](COC(=O)CCCCCCCCCCCCCC(C)C)OC(=O)CCCCCCCCCCCCCC(C)C. The molecule has 1 atom stereocenters. The van der Waals surface area contributed by atoms with Gasteiger partial charge in [-0.25, -0.2) is 0 Å². The van der Waals surface area contributed by atoms with Gasteiger partial charge in [0.25, 0.3) is 0 Å². The summed E-state index contributed by atoms with van der Waals surface area (Å²) in [7, 11) is 0. The zero-order valence-corrected chi connectivity index (χ0v) is 41.1. The normalized spacial score (nSPS) is 12.1. The van der Waals surface area contributed by atoms with Crippen molar-refractivity contribution in [1.29, 1.82) is 0 Å². The number of carbonyl (C=O) groups excluding carboxylic acids is 3. The summed E-state index contributed by atoms with van der Waals surface area (Å²) in [6.45, 7) is 11.4. The van der Waals surface area contributed by atoms with Crippen LogP contribution >= 0.6 is 0 Å². The highest BCUT2D eigenvalue weighted by Gasteiger charge is 2.19. The summed E-state index contributed by atoms with van der Waals surface area (Å²) < 4.78 is 16.8. The van der Waals surface area contributed by atoms with E-state index in [9.17, 15) is 14.4 Å². The van der Waals surface area contributed by atoms with Crippen molar-refractivity contribution in [1.82, 2.24) is 0 Å². The van der Waals surface area contributed by atoms with Gasteiger partial charge in [-0.2, -0.15) is 0 Å². The maximum atomic E-state index is 12.8. The van der Waals surface area contributed by atoms with E-state index < -0.39 is 6.10 Å². The second kappa shape index (κ2) is 46.9. The minimum Gasteiger partial charge on any atom is -0.462 e. The molecule has 0 aromatic carbocycles. The van der Waals surface area contributed by atoms with Crippen LogP contribution in [0.15, 0.2) is 0 Å². The molecule has 0 N–H and O–H groups in total. The second-order valence-electron chi connectivity index (χ2n) is 19.5. The van der Waals surface area contributed by atoms with Crippen LogP contribution in [0.2, 0.25) is 0 Å². The van der Waals surface area contributed by atoms with Crippen LogP contribution in [-0.2, 0) is 28.6 Å². The number of hydrogen-bond donors (Lipinski definition) is 0. The van der Waals surface area contributed by atoms with Gasteiger partial charge < -0.3 is 14.2 Å². The summed E-state index contributed by atoms with van der Waals surface area (Å²) in [5, 5.41) is 0. The number of unbranched alkanes of at least 4 members (excludes halogenated alkanes) is 33. The first kappa shape index (κ1) is 58.4. The molecule has 0 rings (SSSR count). The first-order valence-electron chi connectivity index (χ1n) is 26.7. The van der Waals surface area contributed by atoms with E-state index in [0.717, 1.165) is 69.6 Å². The predicted octanol–water partition coefficient (Wildman–Crippen LogP) is 17.3. The fraction of sp³-hybridized carbons (Fsp3) is 0.944. The molecule has 0 aliphatic rings. The first-order valence-corrected chi connectivity index (χ1v) is 26.7. The van der Waals surface area contributed by atoms with E-state index in [4.69, 9.17) is 14.2 Å². The Kier molecular flexibility index (Phi) is 45.7. The van der Waals surface area contributed by atoms with Crippen molar-refractivity contribution in [2.45, 2.75) is 304 Å². The lowest BCUT2D eigenvalue weighted by atomic mass is 10.0. The Morgan fingerprint density at radius 2 is 0.550 bits per heavy atom. The van der Waals surface area contributed by atoms with Gasteiger partial charge in [-0.05, 0) is 31.1 Å². The van der Waals surface area contributed by atoms with Crippen LogP contribution in [0, 0.1) is 11.8 Å². The molecule has 0 fully saturated rings. The average molecular weight is 849 g/mol. The highest BCUT2D eigenvalue weighted by Crippen LogP contribution is 2.17. The summed E-state index contributed by atoms with van der Waals surface area (Å²) in [4.78, 5) is 38.0. The van der Waals surface area contributed by atoms with Gasteiger partial charge in [-0.3, -0.25) is 14.4 Å². The first-order chi connectivity index (χ1) is 29.2. The molecule has 356 valence electrons. The molecular weight excluding hydrogens is 745 g/mol. The Bertz CT molecular complexity index is 916. The molecule has 0 radical (unpaired) electrons. The molecule has 0 heterocycles. The van der Waals surface area contributed by atoms with Crippen LogP contribution in [-0.4, -0.2) is 37.2 Å². The third-order valence-corrected chi connectivity index (χ3v) is 12.2. The molecule has 0 saturated heterocycles. The molecule has 60 heavy (non-hydrogen) atoms. The van der Waals surface area contributed by atoms with E-state index in [2.05, 4.69) is 34.6 Å². The van der Waals surface area contributed by atoms with Crippen LogP contribution in [0.3, 0.4) is 0 Å². The lowest BCUT2D eigenvalue weighted by molar-refractivity contribution is -0.167.